The number of carbonyl (C=O) groups excluding carboxylic acids is 1. The lowest BCUT2D eigenvalue weighted by atomic mass is 10.1. The number of unbranched alkanes of at least 4 members (excludes halogenated alkanes) is 3. The average molecular weight is 312 g/mol. The number of hydrogen-bond acceptors (Lipinski definition) is 3. The molecule has 1 aliphatic heterocycles. The fourth-order valence-corrected chi connectivity index (χ4v) is 3.05. The Hall–Kier alpha value is -0.610. The van der Waals surface area contributed by atoms with Crippen LogP contribution < -0.4 is 0 Å². The van der Waals surface area contributed by atoms with Crippen molar-refractivity contribution < 1.29 is 4.79 Å². The molecule has 0 aromatic heterocycles. The number of hydrogen-bond donors (Lipinski definition) is 0. The summed E-state index contributed by atoms with van der Waals surface area (Å²) >= 11 is 0. The van der Waals surface area contributed by atoms with E-state index in [2.05, 4.69) is 35.7 Å². The summed E-state index contributed by atoms with van der Waals surface area (Å²) < 4.78 is 0. The molecule has 1 heterocycles. The van der Waals surface area contributed by atoms with Crippen LogP contribution in [-0.4, -0.2) is 74.0 Å². The normalized spacial score (nSPS) is 15.6. The molecular weight excluding hydrogens is 274 g/mol. The van der Waals surface area contributed by atoms with Crippen LogP contribution in [0.25, 0.3) is 0 Å². The molecule has 130 valence electrons. The number of likely N-dealkylation sites (N-methyl/N-ethyl adjacent to an activating group) is 1. The Morgan fingerprint density at radius 2 is 1.64 bits per heavy atom. The molecule has 4 nitrogen and oxygen atoms in total. The van der Waals surface area contributed by atoms with Gasteiger partial charge in [0.05, 0.1) is 0 Å². The highest BCUT2D eigenvalue weighted by molar-refractivity contribution is 5.76. The molecule has 0 aromatic carbocycles. The van der Waals surface area contributed by atoms with E-state index in [9.17, 15) is 4.79 Å². The molecule has 22 heavy (non-hydrogen) atoms. The number of nitrogens with zero attached hydrogens (tertiary/aromatic N) is 3. The van der Waals surface area contributed by atoms with E-state index in [0.717, 1.165) is 32.5 Å². The van der Waals surface area contributed by atoms with Crippen LogP contribution in [0.2, 0.25) is 0 Å². The van der Waals surface area contributed by atoms with Gasteiger partial charge in [0.15, 0.2) is 0 Å². The summed E-state index contributed by atoms with van der Waals surface area (Å²) in [6, 6.07) is 0. The summed E-state index contributed by atoms with van der Waals surface area (Å²) in [7, 11) is 4.14. The third-order valence-corrected chi connectivity index (χ3v) is 4.48. The topological polar surface area (TPSA) is 26.8 Å². The predicted molar refractivity (Wildman–Crippen MR) is 94.2 cm³/mol. The maximum atomic E-state index is 12.2. The SMILES string of the molecule is CCCC(=O)N(CCCCCCN1CCCC1)CCN(C)C. The minimum atomic E-state index is 0.335. The molecule has 0 bridgehead atoms. The first-order valence-corrected chi connectivity index (χ1v) is 9.28. The van der Waals surface area contributed by atoms with E-state index < -0.39 is 0 Å². The van der Waals surface area contributed by atoms with Gasteiger partial charge in [-0.1, -0.05) is 19.8 Å². The second kappa shape index (κ2) is 11.9. The highest BCUT2D eigenvalue weighted by Crippen LogP contribution is 2.10. The number of likely N-dealkylation sites (tertiary alicyclic amines) is 1. The quantitative estimate of drug-likeness (QED) is 0.519. The van der Waals surface area contributed by atoms with Crippen LogP contribution in [0.5, 0.6) is 0 Å². The Bertz CT molecular complexity index is 288. The van der Waals surface area contributed by atoms with Gasteiger partial charge in [0, 0.05) is 26.1 Å². The van der Waals surface area contributed by atoms with Crippen LogP contribution in [0.4, 0.5) is 0 Å². The Morgan fingerprint density at radius 1 is 0.955 bits per heavy atom. The van der Waals surface area contributed by atoms with E-state index >= 15 is 0 Å². The monoisotopic (exact) mass is 311 g/mol. The standard InChI is InChI=1S/C18H37N3O/c1-4-11-18(22)21(17-16-19(2)3)15-8-6-5-7-12-20-13-9-10-14-20/h4-17H2,1-3H3. The van der Waals surface area contributed by atoms with Gasteiger partial charge < -0.3 is 14.7 Å². The predicted octanol–water partition coefficient (Wildman–Crippen LogP) is 2.83. The molecule has 0 atom stereocenters. The smallest absolute Gasteiger partial charge is 0.222 e. The molecule has 1 amide bonds. The van der Waals surface area contributed by atoms with Crippen molar-refractivity contribution in [3.05, 3.63) is 0 Å². The molecule has 1 rings (SSSR count). The molecule has 0 spiro atoms. The first-order chi connectivity index (χ1) is 10.6. The van der Waals surface area contributed by atoms with Crippen LogP contribution in [0.3, 0.4) is 0 Å². The minimum absolute atomic E-state index is 0.335. The van der Waals surface area contributed by atoms with E-state index in [1.54, 1.807) is 0 Å². The highest BCUT2D eigenvalue weighted by Gasteiger charge is 2.13. The molecule has 4 heteroatoms. The van der Waals surface area contributed by atoms with Crippen molar-refractivity contribution in [1.29, 1.82) is 0 Å². The van der Waals surface area contributed by atoms with Crippen molar-refractivity contribution in [2.24, 2.45) is 0 Å². The molecule has 0 aliphatic carbocycles. The molecule has 1 saturated heterocycles. The van der Waals surface area contributed by atoms with Crippen molar-refractivity contribution in [2.45, 2.75) is 58.3 Å². The lowest BCUT2D eigenvalue weighted by Crippen LogP contribution is -2.37. The zero-order chi connectivity index (χ0) is 16.2. The first kappa shape index (κ1) is 19.4. The van der Waals surface area contributed by atoms with Crippen LogP contribution in [0, 0.1) is 0 Å². The highest BCUT2D eigenvalue weighted by atomic mass is 16.2. The van der Waals surface area contributed by atoms with Gasteiger partial charge in [-0.25, -0.2) is 0 Å². The van der Waals surface area contributed by atoms with E-state index in [4.69, 9.17) is 0 Å². The third kappa shape index (κ3) is 8.74. The summed E-state index contributed by atoms with van der Waals surface area (Å²) in [6.45, 7) is 8.76. The van der Waals surface area contributed by atoms with Crippen LogP contribution in [0.1, 0.15) is 58.3 Å². The molecule has 0 saturated carbocycles. The number of amides is 1. The fraction of sp³-hybridized carbons (Fsp3) is 0.944. The fourth-order valence-electron chi connectivity index (χ4n) is 3.05. The largest absolute Gasteiger partial charge is 0.341 e. The second-order valence-corrected chi connectivity index (χ2v) is 6.90. The van der Waals surface area contributed by atoms with E-state index in [-0.39, 0.29) is 0 Å². The molecular formula is C18H37N3O. The Labute approximate surface area is 137 Å². The summed E-state index contributed by atoms with van der Waals surface area (Å²) in [5.74, 6) is 0.335. The number of carbonyl (C=O) groups is 1. The van der Waals surface area contributed by atoms with Crippen LogP contribution in [0.15, 0.2) is 0 Å². The Kier molecular flexibility index (Phi) is 10.5. The van der Waals surface area contributed by atoms with Crippen molar-refractivity contribution in [1.82, 2.24) is 14.7 Å². The van der Waals surface area contributed by atoms with Gasteiger partial charge in [-0.3, -0.25) is 4.79 Å². The maximum absolute atomic E-state index is 12.2. The van der Waals surface area contributed by atoms with Gasteiger partial charge in [0.25, 0.3) is 0 Å². The summed E-state index contributed by atoms with van der Waals surface area (Å²) in [4.78, 5) is 19.0. The average Bonchev–Trinajstić information content (AvgIpc) is 2.98. The molecule has 0 aromatic rings. The van der Waals surface area contributed by atoms with E-state index in [1.165, 1.54) is 51.7 Å². The lowest BCUT2D eigenvalue weighted by Gasteiger charge is -2.24. The van der Waals surface area contributed by atoms with Crippen molar-refractivity contribution >= 4 is 5.91 Å². The van der Waals surface area contributed by atoms with Gasteiger partial charge in [-0.15, -0.1) is 0 Å². The lowest BCUT2D eigenvalue weighted by molar-refractivity contribution is -0.131. The third-order valence-electron chi connectivity index (χ3n) is 4.48. The molecule has 1 aliphatic rings. The summed E-state index contributed by atoms with van der Waals surface area (Å²) in [6.07, 6.45) is 9.46. The molecule has 0 unspecified atom stereocenters. The second-order valence-electron chi connectivity index (χ2n) is 6.90. The van der Waals surface area contributed by atoms with E-state index in [1.807, 2.05) is 0 Å². The van der Waals surface area contributed by atoms with Crippen molar-refractivity contribution in [3.8, 4) is 0 Å². The van der Waals surface area contributed by atoms with Crippen molar-refractivity contribution in [2.75, 3.05) is 53.4 Å². The van der Waals surface area contributed by atoms with Crippen molar-refractivity contribution in [3.63, 3.8) is 0 Å². The Balaban J connectivity index is 2.11. The van der Waals surface area contributed by atoms with Gasteiger partial charge >= 0.3 is 0 Å². The van der Waals surface area contributed by atoms with Gasteiger partial charge in [-0.05, 0) is 65.8 Å². The number of rotatable bonds is 12. The Morgan fingerprint density at radius 3 is 2.27 bits per heavy atom. The summed E-state index contributed by atoms with van der Waals surface area (Å²) in [5.41, 5.74) is 0. The molecule has 0 N–H and O–H groups in total. The molecule has 1 fully saturated rings. The van der Waals surface area contributed by atoms with E-state index in [0.29, 0.717) is 12.3 Å². The summed E-state index contributed by atoms with van der Waals surface area (Å²) in [5, 5.41) is 0. The van der Waals surface area contributed by atoms with Gasteiger partial charge in [0.1, 0.15) is 0 Å². The minimum Gasteiger partial charge on any atom is -0.341 e. The first-order valence-electron chi connectivity index (χ1n) is 9.28. The van der Waals surface area contributed by atoms with Crippen LogP contribution in [-0.2, 0) is 4.79 Å². The van der Waals surface area contributed by atoms with Crippen LogP contribution >= 0.6 is 0 Å². The van der Waals surface area contributed by atoms with Gasteiger partial charge in [0.2, 0.25) is 5.91 Å². The maximum Gasteiger partial charge on any atom is 0.222 e. The molecule has 0 radical (unpaired) electrons. The zero-order valence-electron chi connectivity index (χ0n) is 15.1. The van der Waals surface area contributed by atoms with Gasteiger partial charge in [-0.2, -0.15) is 0 Å². The zero-order valence-corrected chi connectivity index (χ0v) is 15.1.